The zero-order valence-electron chi connectivity index (χ0n) is 43.9. The number of aliphatic hydroxyl groups excluding tert-OH is 2. The number of piperidine rings is 1. The van der Waals surface area contributed by atoms with Crippen LogP contribution in [0, 0.1) is 24.7 Å². The Hall–Kier alpha value is -6.58. The molecular weight excluding hydrogens is 992 g/mol. The van der Waals surface area contributed by atoms with Gasteiger partial charge in [0, 0.05) is 100 Å². The summed E-state index contributed by atoms with van der Waals surface area (Å²) in [5.41, 5.74) is -1.79. The number of phenolic OH excluding ortho intramolecular Hbond substituents is 2. The molecule has 6 aliphatic heterocycles. The van der Waals surface area contributed by atoms with E-state index in [1.54, 1.807) is 43.9 Å². The fourth-order valence-electron chi connectivity index (χ4n) is 10.6. The van der Waals surface area contributed by atoms with E-state index in [0.717, 1.165) is 12.6 Å². The van der Waals surface area contributed by atoms with Gasteiger partial charge in [-0.05, 0) is 57.2 Å². The Morgan fingerprint density at radius 2 is 1.70 bits per heavy atom. The van der Waals surface area contributed by atoms with Crippen molar-refractivity contribution in [2.24, 2.45) is 27.7 Å². The average Bonchev–Trinajstić information content (AvgIpc) is 3.78. The van der Waals surface area contributed by atoms with Crippen molar-refractivity contribution in [2.45, 2.75) is 129 Å². The molecule has 410 valence electrons. The number of nitrogens with one attached hydrogen (secondary N) is 1. The molecule has 2 unspecified atom stereocenters. The number of alkyl halides is 3. The van der Waals surface area contributed by atoms with Gasteiger partial charge < -0.3 is 54.7 Å². The molecule has 2 fully saturated rings. The predicted molar refractivity (Wildman–Crippen MR) is 274 cm³/mol. The van der Waals surface area contributed by atoms with E-state index in [2.05, 4.69) is 29.0 Å². The van der Waals surface area contributed by atoms with Gasteiger partial charge in [0.1, 0.15) is 46.6 Å². The predicted octanol–water partition coefficient (Wildman–Crippen LogP) is 6.16. The lowest BCUT2D eigenvalue weighted by molar-refractivity contribution is -0.155. The maximum atomic E-state index is 14.8. The summed E-state index contributed by atoms with van der Waals surface area (Å²) in [6.07, 6.45) is 0.557. The lowest BCUT2D eigenvalue weighted by atomic mass is 9.86. The second-order valence-corrected chi connectivity index (χ2v) is 21.3. The minimum absolute atomic E-state index is 0.000655. The van der Waals surface area contributed by atoms with Gasteiger partial charge in [-0.15, -0.1) is 0 Å². The summed E-state index contributed by atoms with van der Waals surface area (Å²) < 4.78 is 58.4. The number of carbonyl (C=O) groups is 4. The number of rotatable bonds is 6. The molecule has 9 rings (SSSR count). The number of aromatic hydroxyl groups is 2. The van der Waals surface area contributed by atoms with E-state index in [0.29, 0.717) is 44.8 Å². The highest BCUT2D eigenvalue weighted by Crippen LogP contribution is 2.50. The fraction of sp³-hybridized carbons (Fsp3) is 0.545. The monoisotopic (exact) mass is 1060 g/mol. The van der Waals surface area contributed by atoms with Crippen LogP contribution >= 0.6 is 0 Å². The smallest absolute Gasteiger partial charge is 0.433 e. The maximum Gasteiger partial charge on any atom is 0.433 e. The van der Waals surface area contributed by atoms with Gasteiger partial charge in [0.2, 0.25) is 5.91 Å². The largest absolute Gasteiger partial charge is 0.507 e. The summed E-state index contributed by atoms with van der Waals surface area (Å²) in [6.45, 7) is 15.2. The molecule has 1 spiro atoms. The number of esters is 1. The Labute approximate surface area is 438 Å². The molecule has 5 bridgehead atoms. The Morgan fingerprint density at radius 1 is 0.974 bits per heavy atom. The minimum atomic E-state index is -4.62. The molecule has 21 heteroatoms. The number of ether oxygens (including phenoxy) is 3. The Bertz CT molecular complexity index is 2990. The average molecular weight is 1060 g/mol. The highest BCUT2D eigenvalue weighted by molar-refractivity contribution is 6.19. The zero-order chi connectivity index (χ0) is 55.0. The van der Waals surface area contributed by atoms with Crippen molar-refractivity contribution in [1.82, 2.24) is 14.8 Å². The number of hydrogen-bond donors (Lipinski definition) is 5. The number of ketones is 1. The van der Waals surface area contributed by atoms with Crippen molar-refractivity contribution in [3.63, 3.8) is 0 Å². The molecule has 6 aliphatic rings. The summed E-state index contributed by atoms with van der Waals surface area (Å²) >= 11 is 0. The van der Waals surface area contributed by atoms with Gasteiger partial charge in [-0.2, -0.15) is 13.2 Å². The number of fused-ring (bicyclic) bond motifs is 13. The molecule has 2 amide bonds. The first-order valence-electron chi connectivity index (χ1n) is 26.0. The van der Waals surface area contributed by atoms with Crippen LogP contribution in [-0.2, 0) is 30.0 Å². The van der Waals surface area contributed by atoms with Crippen molar-refractivity contribution in [2.75, 3.05) is 56.0 Å². The van der Waals surface area contributed by atoms with Crippen molar-refractivity contribution in [3.05, 3.63) is 81.9 Å². The standard InChI is InChI=1S/C55H68F3N7O11/c1-30(2)29-63-22-18-54(19-23-63)61-44-41-42-48(70)34(6)50-43(41)51(72)53(7,76-50)74-26-9-8-15-35(27-36(66)33(5)47(69)31(3)13-10-14-32(4)52(73)60-46(49(42)71)45(44)62-54)75-40(68)28-39(67)65-21-12-20-64(24-25-65)38-17-11-16-37(59-38)55(56,57)58/h9-11,13-14,16-17,26,30-31,33,35-36,47,66,69-71H,8,12,15,18-25,27-29H2,1-7H3,(H,60,73)/b13-10+,26-9+,32-14-/t31?,33-,35+,36?,47-,53-/m0/s1. The molecule has 6 atom stereocenters. The molecule has 7 heterocycles. The molecule has 0 aliphatic carbocycles. The molecule has 1 aromatic heterocycles. The van der Waals surface area contributed by atoms with E-state index in [9.17, 15) is 52.8 Å². The number of halogens is 3. The quantitative estimate of drug-likeness (QED) is 0.106. The van der Waals surface area contributed by atoms with Gasteiger partial charge in [0.25, 0.3) is 11.7 Å². The summed E-state index contributed by atoms with van der Waals surface area (Å²) in [6, 6.07) is 3.63. The molecule has 2 saturated heterocycles. The van der Waals surface area contributed by atoms with Crippen LogP contribution in [0.4, 0.5) is 24.7 Å². The number of carbonyl (C=O) groups excluding carboxylic acids is 4. The third kappa shape index (κ3) is 11.6. The molecular formula is C55H68F3N7O11. The van der Waals surface area contributed by atoms with E-state index < -0.39 is 95.0 Å². The Balaban J connectivity index is 1.07. The summed E-state index contributed by atoms with van der Waals surface area (Å²) in [4.78, 5) is 75.3. The molecule has 76 heavy (non-hydrogen) atoms. The number of aliphatic hydroxyl groups is 2. The van der Waals surface area contributed by atoms with Gasteiger partial charge >= 0.3 is 17.9 Å². The fourth-order valence-corrected chi connectivity index (χ4v) is 10.6. The number of Topliss-reactive ketones (excluding diaryl/α,β-unsaturated/α-hetero) is 1. The normalized spacial score (nSPS) is 27.2. The van der Waals surface area contributed by atoms with E-state index in [-0.39, 0.29) is 94.3 Å². The molecule has 0 saturated carbocycles. The number of anilines is 2. The first-order valence-corrected chi connectivity index (χ1v) is 26.0. The molecule has 5 N–H and O–H groups in total. The molecule has 0 radical (unpaired) electrons. The van der Waals surface area contributed by atoms with Gasteiger partial charge in [0.05, 0.1) is 34.8 Å². The first-order chi connectivity index (χ1) is 35.9. The van der Waals surface area contributed by atoms with Crippen LogP contribution in [0.2, 0.25) is 0 Å². The number of aromatic nitrogens is 1. The second kappa shape index (κ2) is 22.2. The number of hydrogen-bond acceptors (Lipinski definition) is 16. The number of likely N-dealkylation sites (tertiary alicyclic amines) is 1. The third-order valence-corrected chi connectivity index (χ3v) is 15.1. The van der Waals surface area contributed by atoms with Crippen LogP contribution in [0.25, 0.3) is 10.8 Å². The van der Waals surface area contributed by atoms with Crippen LogP contribution in [0.5, 0.6) is 17.2 Å². The minimum Gasteiger partial charge on any atom is -0.507 e. The summed E-state index contributed by atoms with van der Waals surface area (Å²) in [5.74, 6) is -6.36. The topological polar surface area (TPSA) is 236 Å². The van der Waals surface area contributed by atoms with E-state index in [1.807, 2.05) is 0 Å². The van der Waals surface area contributed by atoms with Crippen LogP contribution in [-0.4, -0.2) is 134 Å². The van der Waals surface area contributed by atoms with Gasteiger partial charge in [-0.25, -0.2) is 4.98 Å². The summed E-state index contributed by atoms with van der Waals surface area (Å²) in [5, 5.41) is 50.1. The van der Waals surface area contributed by atoms with Crippen molar-refractivity contribution >= 4 is 45.8 Å². The lowest BCUT2D eigenvalue weighted by Crippen LogP contribution is -2.43. The van der Waals surface area contributed by atoms with Crippen molar-refractivity contribution < 1.29 is 67.0 Å². The highest BCUT2D eigenvalue weighted by Gasteiger charge is 2.50. The third-order valence-electron chi connectivity index (χ3n) is 15.1. The highest BCUT2D eigenvalue weighted by atomic mass is 19.4. The lowest BCUT2D eigenvalue weighted by Gasteiger charge is -2.36. The number of benzene rings is 2. The summed E-state index contributed by atoms with van der Waals surface area (Å²) in [7, 11) is 0. The van der Waals surface area contributed by atoms with Gasteiger partial charge in [-0.3, -0.25) is 29.2 Å². The van der Waals surface area contributed by atoms with Gasteiger partial charge in [0.15, 0.2) is 11.4 Å². The van der Waals surface area contributed by atoms with Crippen LogP contribution < -0.4 is 25.7 Å². The van der Waals surface area contributed by atoms with Gasteiger partial charge in [-0.1, -0.05) is 52.0 Å². The number of pyridine rings is 1. The van der Waals surface area contributed by atoms with E-state index in [1.165, 1.54) is 43.2 Å². The van der Waals surface area contributed by atoms with Crippen LogP contribution in [0.1, 0.15) is 108 Å². The van der Waals surface area contributed by atoms with Crippen LogP contribution in [0.3, 0.4) is 0 Å². The molecule has 2 aromatic carbocycles. The SMILES string of the molecule is C/C1=C/C=C/C(C)[C@H](O)[C@@H](C)C(O)C[C@H](OC(=O)CC(=O)N2CCCN(c3cccc(C(F)(F)F)n3)CC2)CC/C=C/O[C@@]2(C)Oc3c(C)c(O)c4c(O)c(c5c(c4c3C2=O)=NC2(CCN(CC(C)C)CC2)N=5)NC1=O. The van der Waals surface area contributed by atoms with Crippen molar-refractivity contribution in [1.29, 1.82) is 0 Å². The second-order valence-electron chi connectivity index (χ2n) is 21.3. The Kier molecular flexibility index (Phi) is 16.2. The first kappa shape index (κ1) is 55.6. The van der Waals surface area contributed by atoms with Crippen LogP contribution in [0.15, 0.2) is 64.3 Å². The number of allylic oxidation sites excluding steroid dienone is 3. The molecule has 18 nitrogen and oxygen atoms in total. The van der Waals surface area contributed by atoms with Crippen molar-refractivity contribution in [3.8, 4) is 17.2 Å². The Morgan fingerprint density at radius 3 is 2.41 bits per heavy atom. The number of nitrogens with zero attached hydrogens (tertiary/aromatic N) is 6. The van der Waals surface area contributed by atoms with E-state index >= 15 is 0 Å². The number of phenols is 2. The molecule has 3 aromatic rings. The zero-order valence-corrected chi connectivity index (χ0v) is 43.9. The van der Waals surface area contributed by atoms with E-state index in [4.69, 9.17) is 24.2 Å². The number of amides is 2. The maximum absolute atomic E-state index is 14.8.